The zero-order valence-electron chi connectivity index (χ0n) is 14.3. The number of para-hydroxylation sites is 1. The lowest BCUT2D eigenvalue weighted by molar-refractivity contribution is 0.0943. The van der Waals surface area contributed by atoms with Crippen LogP contribution in [-0.4, -0.2) is 36.4 Å². The average Bonchev–Trinajstić information content (AvgIpc) is 2.61. The monoisotopic (exact) mass is 335 g/mol. The lowest BCUT2D eigenvalue weighted by Crippen LogP contribution is -2.35. The van der Waals surface area contributed by atoms with Crippen molar-refractivity contribution in [2.75, 3.05) is 20.6 Å². The van der Waals surface area contributed by atoms with Gasteiger partial charge in [0.1, 0.15) is 0 Å². The number of hydrogen-bond acceptors (Lipinski definition) is 3. The molecule has 2 aromatic carbocycles. The van der Waals surface area contributed by atoms with Crippen molar-refractivity contribution < 1.29 is 4.79 Å². The van der Waals surface area contributed by atoms with Crippen LogP contribution in [0.3, 0.4) is 0 Å². The summed E-state index contributed by atoms with van der Waals surface area (Å²) in [4.78, 5) is 29.3. The average molecular weight is 335 g/mol. The molecular formula is C20H21N3O2. The molecule has 0 saturated heterocycles. The SMILES string of the molecule is CN(C)C(CNC(=O)c1cc(=O)[nH]c2ccccc12)c1ccccc1. The molecule has 1 aromatic heterocycles. The second-order valence-corrected chi connectivity index (χ2v) is 6.19. The maximum atomic E-state index is 12.7. The van der Waals surface area contributed by atoms with Crippen molar-refractivity contribution in [1.82, 2.24) is 15.2 Å². The molecule has 5 nitrogen and oxygen atoms in total. The Balaban J connectivity index is 1.84. The molecule has 0 aliphatic heterocycles. The summed E-state index contributed by atoms with van der Waals surface area (Å²) < 4.78 is 0. The van der Waals surface area contributed by atoms with E-state index in [9.17, 15) is 9.59 Å². The Morgan fingerprint density at radius 1 is 1.08 bits per heavy atom. The quantitative estimate of drug-likeness (QED) is 0.753. The number of rotatable bonds is 5. The smallest absolute Gasteiger partial charge is 0.252 e. The molecule has 128 valence electrons. The van der Waals surface area contributed by atoms with E-state index in [2.05, 4.69) is 15.2 Å². The molecule has 1 unspecified atom stereocenters. The normalized spacial score (nSPS) is 12.3. The van der Waals surface area contributed by atoms with Crippen LogP contribution in [0.2, 0.25) is 0 Å². The molecule has 0 bridgehead atoms. The molecule has 0 radical (unpaired) electrons. The molecule has 3 rings (SSSR count). The van der Waals surface area contributed by atoms with E-state index in [1.165, 1.54) is 6.07 Å². The molecule has 0 aliphatic carbocycles. The van der Waals surface area contributed by atoms with Gasteiger partial charge in [0.2, 0.25) is 5.56 Å². The first-order valence-corrected chi connectivity index (χ1v) is 8.18. The van der Waals surface area contributed by atoms with Crippen molar-refractivity contribution in [1.29, 1.82) is 0 Å². The van der Waals surface area contributed by atoms with Crippen LogP contribution < -0.4 is 10.9 Å². The van der Waals surface area contributed by atoms with E-state index < -0.39 is 0 Å². The second-order valence-electron chi connectivity index (χ2n) is 6.19. The van der Waals surface area contributed by atoms with Crippen LogP contribution in [0.4, 0.5) is 0 Å². The van der Waals surface area contributed by atoms with Crippen LogP contribution in [0.5, 0.6) is 0 Å². The largest absolute Gasteiger partial charge is 0.350 e. The van der Waals surface area contributed by atoms with E-state index in [0.29, 0.717) is 17.6 Å². The lowest BCUT2D eigenvalue weighted by atomic mass is 10.1. The second kappa shape index (κ2) is 7.32. The number of hydrogen-bond donors (Lipinski definition) is 2. The van der Waals surface area contributed by atoms with Crippen LogP contribution in [0.25, 0.3) is 10.9 Å². The minimum absolute atomic E-state index is 0.0541. The fourth-order valence-electron chi connectivity index (χ4n) is 2.95. The van der Waals surface area contributed by atoms with Gasteiger partial charge in [0.15, 0.2) is 0 Å². The summed E-state index contributed by atoms with van der Waals surface area (Å²) in [6, 6.07) is 18.7. The third-order valence-corrected chi connectivity index (χ3v) is 4.26. The highest BCUT2D eigenvalue weighted by atomic mass is 16.2. The predicted molar refractivity (Wildman–Crippen MR) is 99.8 cm³/mol. The van der Waals surface area contributed by atoms with Crippen molar-refractivity contribution in [3.63, 3.8) is 0 Å². The molecule has 1 heterocycles. The molecule has 0 saturated carbocycles. The first-order chi connectivity index (χ1) is 12.1. The summed E-state index contributed by atoms with van der Waals surface area (Å²) in [6.07, 6.45) is 0. The number of likely N-dealkylation sites (N-methyl/N-ethyl adjacent to an activating group) is 1. The summed E-state index contributed by atoms with van der Waals surface area (Å²) in [5.74, 6) is -0.245. The predicted octanol–water partition coefficient (Wildman–Crippen LogP) is 2.56. The molecule has 1 amide bonds. The number of fused-ring (bicyclic) bond motifs is 1. The van der Waals surface area contributed by atoms with E-state index in [-0.39, 0.29) is 17.5 Å². The Morgan fingerprint density at radius 3 is 2.48 bits per heavy atom. The van der Waals surface area contributed by atoms with Gasteiger partial charge in [-0.2, -0.15) is 0 Å². The minimum Gasteiger partial charge on any atom is -0.350 e. The van der Waals surface area contributed by atoms with Gasteiger partial charge in [0, 0.05) is 23.5 Å². The van der Waals surface area contributed by atoms with Crippen molar-refractivity contribution in [2.24, 2.45) is 0 Å². The molecule has 0 spiro atoms. The van der Waals surface area contributed by atoms with Gasteiger partial charge in [0.05, 0.1) is 11.6 Å². The third-order valence-electron chi connectivity index (χ3n) is 4.26. The fourth-order valence-corrected chi connectivity index (χ4v) is 2.95. The van der Waals surface area contributed by atoms with Crippen LogP contribution >= 0.6 is 0 Å². The Hall–Kier alpha value is -2.92. The van der Waals surface area contributed by atoms with Crippen LogP contribution in [0, 0.1) is 0 Å². The molecule has 2 N–H and O–H groups in total. The Labute approximate surface area is 146 Å². The first kappa shape index (κ1) is 16.9. The lowest BCUT2D eigenvalue weighted by Gasteiger charge is -2.25. The fraction of sp³-hybridized carbons (Fsp3) is 0.200. The molecule has 3 aromatic rings. The molecular weight excluding hydrogens is 314 g/mol. The summed E-state index contributed by atoms with van der Waals surface area (Å²) in [6.45, 7) is 0.455. The van der Waals surface area contributed by atoms with Gasteiger partial charge in [-0.3, -0.25) is 9.59 Å². The van der Waals surface area contributed by atoms with Gasteiger partial charge in [-0.15, -0.1) is 0 Å². The summed E-state index contributed by atoms with van der Waals surface area (Å²) in [5, 5.41) is 3.70. The molecule has 25 heavy (non-hydrogen) atoms. The zero-order valence-corrected chi connectivity index (χ0v) is 14.3. The highest BCUT2D eigenvalue weighted by molar-refractivity contribution is 6.05. The van der Waals surface area contributed by atoms with Crippen molar-refractivity contribution in [3.05, 3.63) is 82.1 Å². The first-order valence-electron chi connectivity index (χ1n) is 8.18. The highest BCUT2D eigenvalue weighted by Gasteiger charge is 2.17. The van der Waals surface area contributed by atoms with Gasteiger partial charge < -0.3 is 15.2 Å². The Bertz CT molecular complexity index is 932. The molecule has 5 heteroatoms. The van der Waals surface area contributed by atoms with E-state index in [1.807, 2.05) is 62.6 Å². The number of carbonyl (C=O) groups is 1. The molecule has 0 aliphatic rings. The van der Waals surface area contributed by atoms with Gasteiger partial charge in [-0.25, -0.2) is 0 Å². The van der Waals surface area contributed by atoms with Crippen LogP contribution in [-0.2, 0) is 0 Å². The number of carbonyl (C=O) groups excluding carboxylic acids is 1. The third kappa shape index (κ3) is 3.78. The number of nitrogens with one attached hydrogen (secondary N) is 2. The highest BCUT2D eigenvalue weighted by Crippen LogP contribution is 2.18. The maximum Gasteiger partial charge on any atom is 0.252 e. The van der Waals surface area contributed by atoms with Crippen LogP contribution in [0.15, 0.2) is 65.5 Å². The van der Waals surface area contributed by atoms with Crippen molar-refractivity contribution in [2.45, 2.75) is 6.04 Å². The topological polar surface area (TPSA) is 65.2 Å². The summed E-state index contributed by atoms with van der Waals surface area (Å²) in [7, 11) is 3.96. The number of aromatic nitrogens is 1. The van der Waals surface area contributed by atoms with Crippen molar-refractivity contribution >= 4 is 16.8 Å². The van der Waals surface area contributed by atoms with E-state index in [1.54, 1.807) is 6.07 Å². The summed E-state index contributed by atoms with van der Waals surface area (Å²) >= 11 is 0. The summed E-state index contributed by atoms with van der Waals surface area (Å²) in [5.41, 5.74) is 1.90. The van der Waals surface area contributed by atoms with Gasteiger partial charge in [-0.05, 0) is 25.7 Å². The van der Waals surface area contributed by atoms with Crippen LogP contribution in [0.1, 0.15) is 22.0 Å². The van der Waals surface area contributed by atoms with E-state index in [0.717, 1.165) is 10.9 Å². The maximum absolute atomic E-state index is 12.7. The standard InChI is InChI=1S/C20H21N3O2/c1-23(2)18(14-8-4-3-5-9-14)13-21-20(25)16-12-19(24)22-17-11-7-6-10-15(16)17/h3-12,18H,13H2,1-2H3,(H,21,25)(H,22,24). The van der Waals surface area contributed by atoms with Gasteiger partial charge in [0.25, 0.3) is 5.91 Å². The van der Waals surface area contributed by atoms with Gasteiger partial charge in [-0.1, -0.05) is 48.5 Å². The number of pyridine rings is 1. The number of amides is 1. The number of benzene rings is 2. The van der Waals surface area contributed by atoms with Gasteiger partial charge >= 0.3 is 0 Å². The minimum atomic E-state index is -0.281. The molecule has 1 atom stereocenters. The zero-order chi connectivity index (χ0) is 17.8. The van der Waals surface area contributed by atoms with E-state index >= 15 is 0 Å². The number of H-pyrrole nitrogens is 1. The Kier molecular flexibility index (Phi) is 4.95. The number of aromatic amines is 1. The Morgan fingerprint density at radius 2 is 1.76 bits per heavy atom. The van der Waals surface area contributed by atoms with E-state index in [4.69, 9.17) is 0 Å². The molecule has 0 fully saturated rings. The number of nitrogens with zero attached hydrogens (tertiary/aromatic N) is 1. The van der Waals surface area contributed by atoms with Crippen molar-refractivity contribution in [3.8, 4) is 0 Å².